The third-order valence-electron chi connectivity index (χ3n) is 7.36. The van der Waals surface area contributed by atoms with Crippen molar-refractivity contribution in [2.45, 2.75) is 46.1 Å². The summed E-state index contributed by atoms with van der Waals surface area (Å²) in [5.41, 5.74) is 4.02. The van der Waals surface area contributed by atoms with Gasteiger partial charge in [0.15, 0.2) is 5.78 Å². The van der Waals surface area contributed by atoms with Crippen molar-refractivity contribution >= 4 is 35.2 Å². The first-order valence-electron chi connectivity index (χ1n) is 13.6. The lowest BCUT2D eigenvalue weighted by molar-refractivity contribution is 0.0976. The Kier molecular flexibility index (Phi) is 9.30. The first kappa shape index (κ1) is 29.3. The lowest BCUT2D eigenvalue weighted by Gasteiger charge is -2.42. The van der Waals surface area contributed by atoms with E-state index in [1.807, 2.05) is 38.1 Å². The number of aromatic nitrogens is 2. The Labute approximate surface area is 240 Å². The molecule has 0 amide bonds. The number of nitrogens with zero attached hydrogens (tertiary/aromatic N) is 4. The molecule has 0 unspecified atom stereocenters. The van der Waals surface area contributed by atoms with Crippen LogP contribution >= 0.6 is 12.4 Å². The number of ketones is 1. The van der Waals surface area contributed by atoms with E-state index in [2.05, 4.69) is 33.8 Å². The zero-order chi connectivity index (χ0) is 27.5. The van der Waals surface area contributed by atoms with Gasteiger partial charge in [0.1, 0.15) is 28.7 Å². The Morgan fingerprint density at radius 3 is 2.50 bits per heavy atom. The number of halogens is 3. The second kappa shape index (κ2) is 12.7. The van der Waals surface area contributed by atoms with Crippen molar-refractivity contribution in [1.82, 2.24) is 9.38 Å². The number of pyridine rings is 1. The summed E-state index contributed by atoms with van der Waals surface area (Å²) in [6.45, 7) is 8.88. The Morgan fingerprint density at radius 1 is 1.05 bits per heavy atom. The summed E-state index contributed by atoms with van der Waals surface area (Å²) >= 11 is 0. The van der Waals surface area contributed by atoms with E-state index in [1.165, 1.54) is 24.4 Å². The summed E-state index contributed by atoms with van der Waals surface area (Å²) < 4.78 is 36.1. The summed E-state index contributed by atoms with van der Waals surface area (Å²) in [7, 11) is 0. The molecule has 40 heavy (non-hydrogen) atoms. The molecule has 0 bridgehead atoms. The molecule has 0 spiro atoms. The summed E-state index contributed by atoms with van der Waals surface area (Å²) in [4.78, 5) is 22.0. The van der Waals surface area contributed by atoms with Crippen LogP contribution in [0.2, 0.25) is 0 Å². The van der Waals surface area contributed by atoms with Crippen LogP contribution in [0.15, 0.2) is 60.8 Å². The number of hydrogen-bond acceptors (Lipinski definition) is 5. The molecule has 9 heteroatoms. The normalized spacial score (nSPS) is 15.3. The van der Waals surface area contributed by atoms with Crippen LogP contribution in [-0.2, 0) is 12.8 Å². The molecule has 0 radical (unpaired) electrons. The van der Waals surface area contributed by atoms with Gasteiger partial charge < -0.3 is 14.5 Å². The molecule has 1 fully saturated rings. The third kappa shape index (κ3) is 6.07. The van der Waals surface area contributed by atoms with Crippen molar-refractivity contribution in [3.05, 3.63) is 89.4 Å². The fourth-order valence-corrected chi connectivity index (χ4v) is 5.41. The van der Waals surface area contributed by atoms with E-state index in [0.29, 0.717) is 55.3 Å². The molecule has 2 aromatic heterocycles. The highest BCUT2D eigenvalue weighted by molar-refractivity contribution is 5.96. The van der Waals surface area contributed by atoms with Gasteiger partial charge in [0.05, 0.1) is 18.0 Å². The lowest BCUT2D eigenvalue weighted by Crippen LogP contribution is -2.52. The van der Waals surface area contributed by atoms with Crippen molar-refractivity contribution < 1.29 is 18.3 Å². The summed E-state index contributed by atoms with van der Waals surface area (Å²) in [5.74, 6) is 0.101. The average Bonchev–Trinajstić information content (AvgIpc) is 3.30. The summed E-state index contributed by atoms with van der Waals surface area (Å²) in [5, 5.41) is 0. The number of benzene rings is 2. The number of piperazine rings is 1. The van der Waals surface area contributed by atoms with Crippen molar-refractivity contribution in [3.63, 3.8) is 0 Å². The molecule has 1 saturated heterocycles. The second-order valence-corrected chi connectivity index (χ2v) is 9.96. The first-order chi connectivity index (χ1) is 18.9. The van der Waals surface area contributed by atoms with Crippen LogP contribution < -0.4 is 14.5 Å². The maximum Gasteiger partial charge on any atom is 0.181 e. The Balaban J connectivity index is 0.00000370. The largest absolute Gasteiger partial charge is 0.494 e. The highest BCUT2D eigenvalue weighted by atomic mass is 35.5. The van der Waals surface area contributed by atoms with Gasteiger partial charge in [0, 0.05) is 50.0 Å². The smallest absolute Gasteiger partial charge is 0.181 e. The van der Waals surface area contributed by atoms with E-state index in [1.54, 1.807) is 4.40 Å². The van der Waals surface area contributed by atoms with E-state index >= 15 is 4.39 Å². The van der Waals surface area contributed by atoms with Gasteiger partial charge in [-0.05, 0) is 74.7 Å². The molecular formula is C31H35ClF2N4O2. The van der Waals surface area contributed by atoms with Crippen LogP contribution in [0, 0.1) is 11.6 Å². The van der Waals surface area contributed by atoms with Gasteiger partial charge in [-0.25, -0.2) is 13.8 Å². The van der Waals surface area contributed by atoms with Gasteiger partial charge in [0.25, 0.3) is 0 Å². The number of imidazole rings is 1. The number of rotatable bonds is 9. The maximum atomic E-state index is 15.3. The van der Waals surface area contributed by atoms with Crippen molar-refractivity contribution in [2.24, 2.45) is 0 Å². The Hall–Kier alpha value is -3.65. The molecular weight excluding hydrogens is 534 g/mol. The maximum absolute atomic E-state index is 15.3. The standard InChI is InChI=1S/C31H34F2N4O2.ClH/c1-4-27-31(37-15-14-23(32)19-30(37)34-27)29(38)13-7-22-6-12-28(26(33)18-22)35-16-17-36(21(3)20-35)24-8-10-25(11-9-24)39-5-2;/h6,8-12,14-15,18-19,21H,4-5,7,13,16-17,20H2,1-3H3;1H/t21-;/m0./s1. The molecule has 1 aliphatic heterocycles. The van der Waals surface area contributed by atoms with E-state index in [0.717, 1.165) is 23.5 Å². The van der Waals surface area contributed by atoms with E-state index in [9.17, 15) is 9.18 Å². The molecule has 2 aromatic carbocycles. The minimum Gasteiger partial charge on any atom is -0.494 e. The number of aryl methyl sites for hydroxylation is 2. The SMILES string of the molecule is CCOc1ccc(N2CCN(c3ccc(CCC(=O)c4c(CC)nc5cc(F)ccn45)cc3F)C[C@@H]2C)cc1.Cl. The highest BCUT2D eigenvalue weighted by Gasteiger charge is 2.26. The highest BCUT2D eigenvalue weighted by Crippen LogP contribution is 2.28. The molecule has 0 aliphatic carbocycles. The van der Waals surface area contributed by atoms with Crippen LogP contribution in [-0.4, -0.2) is 47.5 Å². The number of Topliss-reactive ketones (excluding diaryl/α,β-unsaturated/α-hetero) is 1. The molecule has 6 nitrogen and oxygen atoms in total. The molecule has 0 saturated carbocycles. The number of ether oxygens (including phenoxy) is 1. The second-order valence-electron chi connectivity index (χ2n) is 9.96. The molecule has 5 rings (SSSR count). The number of hydrogen-bond donors (Lipinski definition) is 0. The average molecular weight is 569 g/mol. The minimum atomic E-state index is -0.392. The number of carbonyl (C=O) groups is 1. The fraction of sp³-hybridized carbons (Fsp3) is 0.355. The summed E-state index contributed by atoms with van der Waals surface area (Å²) in [6, 6.07) is 16.2. The topological polar surface area (TPSA) is 50.1 Å². The van der Waals surface area contributed by atoms with Crippen LogP contribution in [0.1, 0.15) is 48.9 Å². The van der Waals surface area contributed by atoms with E-state index in [4.69, 9.17) is 4.74 Å². The summed E-state index contributed by atoms with van der Waals surface area (Å²) in [6.07, 6.45) is 2.73. The van der Waals surface area contributed by atoms with E-state index < -0.39 is 5.82 Å². The van der Waals surface area contributed by atoms with Gasteiger partial charge in [0.2, 0.25) is 0 Å². The van der Waals surface area contributed by atoms with Crippen LogP contribution in [0.5, 0.6) is 5.75 Å². The molecule has 0 N–H and O–H groups in total. The van der Waals surface area contributed by atoms with E-state index in [-0.39, 0.29) is 36.5 Å². The van der Waals surface area contributed by atoms with Crippen LogP contribution in [0.25, 0.3) is 5.65 Å². The molecule has 212 valence electrons. The number of fused-ring (bicyclic) bond motifs is 1. The molecule has 1 atom stereocenters. The number of anilines is 2. The van der Waals surface area contributed by atoms with Crippen molar-refractivity contribution in [1.29, 1.82) is 0 Å². The third-order valence-corrected chi connectivity index (χ3v) is 7.36. The molecule has 4 aromatic rings. The number of carbonyl (C=O) groups excluding carboxylic acids is 1. The van der Waals surface area contributed by atoms with Gasteiger partial charge in [-0.1, -0.05) is 13.0 Å². The Bertz CT molecular complexity index is 1470. The van der Waals surface area contributed by atoms with Crippen molar-refractivity contribution in [2.75, 3.05) is 36.0 Å². The van der Waals surface area contributed by atoms with Gasteiger partial charge in [-0.2, -0.15) is 0 Å². The fourth-order valence-electron chi connectivity index (χ4n) is 5.41. The molecule has 1 aliphatic rings. The monoisotopic (exact) mass is 568 g/mol. The Morgan fingerprint density at radius 2 is 1.82 bits per heavy atom. The quantitative estimate of drug-likeness (QED) is 0.215. The zero-order valence-corrected chi connectivity index (χ0v) is 23.9. The van der Waals surface area contributed by atoms with Gasteiger partial charge in [-0.15, -0.1) is 12.4 Å². The first-order valence-corrected chi connectivity index (χ1v) is 13.6. The van der Waals surface area contributed by atoms with Crippen LogP contribution in [0.4, 0.5) is 20.2 Å². The van der Waals surface area contributed by atoms with Gasteiger partial charge in [-0.3, -0.25) is 9.20 Å². The van der Waals surface area contributed by atoms with Crippen molar-refractivity contribution in [3.8, 4) is 5.75 Å². The predicted octanol–water partition coefficient (Wildman–Crippen LogP) is 6.53. The lowest BCUT2D eigenvalue weighted by atomic mass is 10.0. The predicted molar refractivity (Wildman–Crippen MR) is 157 cm³/mol. The zero-order valence-electron chi connectivity index (χ0n) is 23.1. The van der Waals surface area contributed by atoms with Crippen LogP contribution in [0.3, 0.4) is 0 Å². The minimum absolute atomic E-state index is 0. The van der Waals surface area contributed by atoms with Gasteiger partial charge >= 0.3 is 0 Å². The molecule has 3 heterocycles.